The highest BCUT2D eigenvalue weighted by molar-refractivity contribution is 7.89. The van der Waals surface area contributed by atoms with E-state index in [0.717, 1.165) is 5.56 Å². The number of carbonyl (C=O) groups excluding carboxylic acids is 1. The van der Waals surface area contributed by atoms with Crippen LogP contribution in [0.1, 0.15) is 18.4 Å². The lowest BCUT2D eigenvalue weighted by molar-refractivity contribution is -0.120. The van der Waals surface area contributed by atoms with Gasteiger partial charge in [-0.1, -0.05) is 17.7 Å². The maximum atomic E-state index is 13.9. The molecule has 0 spiro atoms. The van der Waals surface area contributed by atoms with Gasteiger partial charge in [0.15, 0.2) is 0 Å². The van der Waals surface area contributed by atoms with Gasteiger partial charge in [-0.25, -0.2) is 12.8 Å². The van der Waals surface area contributed by atoms with E-state index in [1.807, 2.05) is 0 Å². The molecule has 1 fully saturated rings. The Morgan fingerprint density at radius 1 is 1.22 bits per heavy atom. The molecule has 144 valence electrons. The molecule has 1 saturated heterocycles. The Kier molecular flexibility index (Phi) is 5.83. The molecular formula is C19H20ClFN2O3S. The molecule has 3 rings (SSSR count). The van der Waals surface area contributed by atoms with E-state index in [4.69, 9.17) is 11.6 Å². The Morgan fingerprint density at radius 2 is 1.93 bits per heavy atom. The van der Waals surface area contributed by atoms with E-state index in [1.54, 1.807) is 19.1 Å². The van der Waals surface area contributed by atoms with Crippen molar-refractivity contribution in [3.8, 4) is 0 Å². The van der Waals surface area contributed by atoms with Gasteiger partial charge in [0.05, 0.1) is 16.5 Å². The normalized spacial score (nSPS) is 18.3. The average molecular weight is 411 g/mol. The Balaban J connectivity index is 1.74. The number of amides is 1. The first kappa shape index (κ1) is 19.8. The number of hydrogen-bond donors (Lipinski definition) is 1. The Labute approximate surface area is 163 Å². The Bertz CT molecular complexity index is 948. The quantitative estimate of drug-likeness (QED) is 0.833. The van der Waals surface area contributed by atoms with Crippen LogP contribution in [0.2, 0.25) is 5.02 Å². The van der Waals surface area contributed by atoms with Crippen molar-refractivity contribution in [2.45, 2.75) is 24.7 Å². The van der Waals surface area contributed by atoms with E-state index in [1.165, 1.54) is 34.6 Å². The molecule has 27 heavy (non-hydrogen) atoms. The minimum atomic E-state index is -3.71. The maximum absolute atomic E-state index is 13.9. The van der Waals surface area contributed by atoms with Crippen molar-refractivity contribution in [3.63, 3.8) is 0 Å². The lowest BCUT2D eigenvalue weighted by Crippen LogP contribution is -2.43. The first-order valence-corrected chi connectivity index (χ1v) is 10.4. The van der Waals surface area contributed by atoms with Crippen molar-refractivity contribution < 1.29 is 17.6 Å². The number of halogens is 2. The molecule has 5 nitrogen and oxygen atoms in total. The van der Waals surface area contributed by atoms with Gasteiger partial charge in [0.25, 0.3) is 0 Å². The van der Waals surface area contributed by atoms with Crippen molar-refractivity contribution in [3.05, 3.63) is 58.9 Å². The van der Waals surface area contributed by atoms with Crippen molar-refractivity contribution in [2.24, 2.45) is 5.92 Å². The van der Waals surface area contributed by atoms with Crippen LogP contribution < -0.4 is 5.32 Å². The van der Waals surface area contributed by atoms with Crippen LogP contribution in [0.4, 0.5) is 10.1 Å². The van der Waals surface area contributed by atoms with E-state index in [2.05, 4.69) is 5.32 Å². The van der Waals surface area contributed by atoms with Crippen LogP contribution in [0.15, 0.2) is 47.4 Å². The van der Waals surface area contributed by atoms with Gasteiger partial charge < -0.3 is 5.32 Å². The fourth-order valence-corrected chi connectivity index (χ4v) is 4.75. The molecule has 1 aliphatic heterocycles. The summed E-state index contributed by atoms with van der Waals surface area (Å²) in [6, 6.07) is 10.4. The van der Waals surface area contributed by atoms with Crippen LogP contribution >= 0.6 is 11.6 Å². The summed E-state index contributed by atoms with van der Waals surface area (Å²) < 4.78 is 40.8. The highest BCUT2D eigenvalue weighted by atomic mass is 35.5. The predicted molar refractivity (Wildman–Crippen MR) is 103 cm³/mol. The largest absolute Gasteiger partial charge is 0.323 e. The number of benzene rings is 2. The second-order valence-corrected chi connectivity index (χ2v) is 9.00. The molecule has 0 unspecified atom stereocenters. The number of carbonyl (C=O) groups is 1. The molecule has 1 amide bonds. The van der Waals surface area contributed by atoms with E-state index in [-0.39, 0.29) is 23.0 Å². The fraction of sp³-hybridized carbons (Fsp3) is 0.316. The zero-order valence-electron chi connectivity index (χ0n) is 14.8. The summed E-state index contributed by atoms with van der Waals surface area (Å²) in [4.78, 5) is 12.7. The van der Waals surface area contributed by atoms with Crippen molar-refractivity contribution in [2.75, 3.05) is 18.4 Å². The minimum Gasteiger partial charge on any atom is -0.323 e. The number of hydrogen-bond acceptors (Lipinski definition) is 3. The highest BCUT2D eigenvalue weighted by Crippen LogP contribution is 2.26. The van der Waals surface area contributed by atoms with E-state index in [0.29, 0.717) is 24.4 Å². The number of piperidine rings is 1. The molecule has 8 heteroatoms. The molecule has 2 aromatic carbocycles. The maximum Gasteiger partial charge on any atom is 0.243 e. The standard InChI is InChI=1S/C19H20ClFN2O3S/c1-13-4-9-17(21)18(11-13)22-19(24)14-3-2-10-23(12-14)27(25,26)16-7-5-15(20)6-8-16/h4-9,11,14H,2-3,10,12H2,1H3,(H,22,24)/t14-/m0/s1. The first-order chi connectivity index (χ1) is 12.8. The third-order valence-electron chi connectivity index (χ3n) is 4.59. The Morgan fingerprint density at radius 3 is 2.63 bits per heavy atom. The van der Waals surface area contributed by atoms with Gasteiger partial charge in [0.2, 0.25) is 15.9 Å². The summed E-state index contributed by atoms with van der Waals surface area (Å²) >= 11 is 5.82. The summed E-state index contributed by atoms with van der Waals surface area (Å²) in [6.45, 7) is 2.20. The van der Waals surface area contributed by atoms with Gasteiger partial charge in [-0.15, -0.1) is 0 Å². The number of aryl methyl sites for hydroxylation is 1. The predicted octanol–water partition coefficient (Wildman–Crippen LogP) is 3.83. The summed E-state index contributed by atoms with van der Waals surface area (Å²) in [7, 11) is -3.71. The first-order valence-electron chi connectivity index (χ1n) is 8.60. The average Bonchev–Trinajstić information content (AvgIpc) is 2.65. The lowest BCUT2D eigenvalue weighted by atomic mass is 9.98. The molecule has 2 aromatic rings. The van der Waals surface area contributed by atoms with Gasteiger partial charge >= 0.3 is 0 Å². The summed E-state index contributed by atoms with van der Waals surface area (Å²) in [5.41, 5.74) is 0.931. The monoisotopic (exact) mass is 410 g/mol. The highest BCUT2D eigenvalue weighted by Gasteiger charge is 2.33. The van der Waals surface area contributed by atoms with Gasteiger partial charge in [-0.05, 0) is 61.7 Å². The summed E-state index contributed by atoms with van der Waals surface area (Å²) in [6.07, 6.45) is 1.10. The SMILES string of the molecule is Cc1ccc(F)c(NC(=O)[C@H]2CCCN(S(=O)(=O)c3ccc(Cl)cc3)C2)c1. The molecule has 0 aromatic heterocycles. The second kappa shape index (κ2) is 7.96. The van der Waals surface area contributed by atoms with Crippen molar-refractivity contribution in [1.82, 2.24) is 4.31 Å². The molecular weight excluding hydrogens is 391 g/mol. The molecule has 0 aliphatic carbocycles. The Hall–Kier alpha value is -1.96. The van der Waals surface area contributed by atoms with Crippen LogP contribution in [0.3, 0.4) is 0 Å². The molecule has 1 atom stereocenters. The lowest BCUT2D eigenvalue weighted by Gasteiger charge is -2.31. The number of anilines is 1. The zero-order valence-corrected chi connectivity index (χ0v) is 16.4. The third kappa shape index (κ3) is 4.48. The van der Waals surface area contributed by atoms with Crippen LogP contribution in [0.25, 0.3) is 0 Å². The van der Waals surface area contributed by atoms with E-state index >= 15 is 0 Å². The molecule has 0 radical (unpaired) electrons. The van der Waals surface area contributed by atoms with Gasteiger partial charge in [0, 0.05) is 18.1 Å². The molecule has 0 saturated carbocycles. The molecule has 0 bridgehead atoms. The smallest absolute Gasteiger partial charge is 0.243 e. The van der Waals surface area contributed by atoms with Crippen molar-refractivity contribution >= 4 is 33.2 Å². The topological polar surface area (TPSA) is 66.5 Å². The summed E-state index contributed by atoms with van der Waals surface area (Å²) in [5, 5.41) is 3.04. The van der Waals surface area contributed by atoms with Crippen molar-refractivity contribution in [1.29, 1.82) is 0 Å². The zero-order chi connectivity index (χ0) is 19.6. The number of sulfonamides is 1. The third-order valence-corrected chi connectivity index (χ3v) is 6.72. The number of nitrogens with zero attached hydrogens (tertiary/aromatic N) is 1. The van der Waals surface area contributed by atoms with Crippen LogP contribution in [0, 0.1) is 18.7 Å². The summed E-state index contributed by atoms with van der Waals surface area (Å²) in [5.74, 6) is -1.44. The van der Waals surface area contributed by atoms with Gasteiger partial charge in [-0.3, -0.25) is 4.79 Å². The van der Waals surface area contributed by atoms with Gasteiger partial charge in [-0.2, -0.15) is 4.31 Å². The fourth-order valence-electron chi connectivity index (χ4n) is 3.10. The molecule has 1 aliphatic rings. The van der Waals surface area contributed by atoms with E-state index in [9.17, 15) is 17.6 Å². The van der Waals surface area contributed by atoms with E-state index < -0.39 is 21.8 Å². The number of nitrogens with one attached hydrogen (secondary N) is 1. The van der Waals surface area contributed by atoms with Crippen LogP contribution in [0.5, 0.6) is 0 Å². The minimum absolute atomic E-state index is 0.0597. The van der Waals surface area contributed by atoms with Crippen LogP contribution in [-0.2, 0) is 14.8 Å². The van der Waals surface area contributed by atoms with Crippen LogP contribution in [-0.4, -0.2) is 31.7 Å². The van der Waals surface area contributed by atoms with Gasteiger partial charge in [0.1, 0.15) is 5.82 Å². The molecule has 1 N–H and O–H groups in total. The molecule has 1 heterocycles. The second-order valence-electron chi connectivity index (χ2n) is 6.63. The number of rotatable bonds is 4.